The Labute approximate surface area is 264 Å². The predicted molar refractivity (Wildman–Crippen MR) is 168 cm³/mol. The van der Waals surface area contributed by atoms with Crippen molar-refractivity contribution in [1.82, 2.24) is 30.2 Å². The fourth-order valence-electron chi connectivity index (χ4n) is 6.73. The maximum Gasteiger partial charge on any atom is 0.253 e. The van der Waals surface area contributed by atoms with Gasteiger partial charge in [0.1, 0.15) is 11.5 Å². The first-order chi connectivity index (χ1) is 21.5. The van der Waals surface area contributed by atoms with Crippen molar-refractivity contribution in [2.75, 3.05) is 41.3 Å². The van der Waals surface area contributed by atoms with Crippen molar-refractivity contribution in [3.05, 3.63) is 81.6 Å². The third-order valence-corrected chi connectivity index (χ3v) is 8.93. The Morgan fingerprint density at radius 2 is 1.60 bits per heavy atom. The van der Waals surface area contributed by atoms with E-state index in [2.05, 4.69) is 21.6 Å². The molecule has 2 aromatic carbocycles. The summed E-state index contributed by atoms with van der Waals surface area (Å²) in [6, 6.07) is 13.2. The molecule has 45 heavy (non-hydrogen) atoms. The molecule has 5 rings (SSSR count). The van der Waals surface area contributed by atoms with Gasteiger partial charge in [0.25, 0.3) is 11.8 Å². The molecule has 0 radical (unpaired) electrons. The van der Waals surface area contributed by atoms with E-state index >= 15 is 0 Å². The normalized spacial score (nSPS) is 17.4. The van der Waals surface area contributed by atoms with E-state index in [0.717, 1.165) is 28.7 Å². The molecule has 11 nitrogen and oxygen atoms in total. The molecular formula is C34H41N7O4. The highest BCUT2D eigenvalue weighted by Gasteiger charge is 2.47. The molecule has 1 N–H and O–H groups in total. The van der Waals surface area contributed by atoms with Crippen LogP contribution in [0.3, 0.4) is 0 Å². The molecule has 2 atom stereocenters. The van der Waals surface area contributed by atoms with Crippen molar-refractivity contribution in [2.24, 2.45) is 0 Å². The number of benzene rings is 2. The van der Waals surface area contributed by atoms with Gasteiger partial charge in [0.2, 0.25) is 17.7 Å². The maximum atomic E-state index is 13.1. The van der Waals surface area contributed by atoms with Crippen LogP contribution in [-0.4, -0.2) is 96.0 Å². The lowest BCUT2D eigenvalue weighted by Gasteiger charge is -2.36. The van der Waals surface area contributed by atoms with Crippen LogP contribution in [0.5, 0.6) is 0 Å². The Bertz CT molecular complexity index is 1580. The smallest absolute Gasteiger partial charge is 0.253 e. The summed E-state index contributed by atoms with van der Waals surface area (Å²) in [6.45, 7) is 4.44. The van der Waals surface area contributed by atoms with Gasteiger partial charge in [-0.1, -0.05) is 12.1 Å². The summed E-state index contributed by atoms with van der Waals surface area (Å²) in [6.07, 6.45) is 3.24. The van der Waals surface area contributed by atoms with Crippen molar-refractivity contribution in [3.8, 4) is 6.07 Å². The molecule has 1 aromatic heterocycles. The first kappa shape index (κ1) is 31.9. The number of aromatic nitrogens is 2. The van der Waals surface area contributed by atoms with Gasteiger partial charge in [-0.25, -0.2) is 0 Å². The predicted octanol–water partition coefficient (Wildman–Crippen LogP) is 3.10. The molecule has 0 saturated carbocycles. The molecule has 236 valence electrons. The number of nitrogens with one attached hydrogen (secondary N) is 1. The molecule has 3 amide bonds. The highest BCUT2D eigenvalue weighted by molar-refractivity contribution is 5.95. The van der Waals surface area contributed by atoms with Gasteiger partial charge >= 0.3 is 0 Å². The number of carbonyl (C=O) groups is 3. The highest BCUT2D eigenvalue weighted by atomic mass is 16.4. The Morgan fingerprint density at radius 3 is 2.09 bits per heavy atom. The minimum Gasteiger partial charge on any atom is -0.424 e. The molecule has 1 saturated heterocycles. The van der Waals surface area contributed by atoms with E-state index in [1.54, 1.807) is 49.8 Å². The van der Waals surface area contributed by atoms with Crippen LogP contribution in [-0.2, 0) is 23.1 Å². The van der Waals surface area contributed by atoms with Crippen LogP contribution >= 0.6 is 0 Å². The third-order valence-electron chi connectivity index (χ3n) is 8.93. The van der Waals surface area contributed by atoms with Crippen LogP contribution in [0.4, 0.5) is 0 Å². The topological polar surface area (TPSA) is 136 Å². The molecule has 2 aliphatic rings. The standard InChI is InChI=1S/C34H41N7O4/c1-21(36-20-30(42)41-15-7-8-27(41)19-35)18-34(33-38-37-22(2)45-33)28-13-11-25(31(43)39(3)4)16-23(28)9-10-24-17-26(12-14-29(24)34)32(44)40(5)6/h11-14,16-17,21,27,36H,7-10,15,18,20H2,1-6H3/t21-,27+/m1/s1. The lowest BCUT2D eigenvalue weighted by Crippen LogP contribution is -2.45. The molecule has 11 heteroatoms. The van der Waals surface area contributed by atoms with Gasteiger partial charge in [0.15, 0.2) is 0 Å². The van der Waals surface area contributed by atoms with E-state index in [1.165, 1.54) is 0 Å². The van der Waals surface area contributed by atoms with Crippen LogP contribution in [0, 0.1) is 18.3 Å². The lowest BCUT2D eigenvalue weighted by molar-refractivity contribution is -0.130. The minimum atomic E-state index is -0.944. The van der Waals surface area contributed by atoms with Crippen LogP contribution in [0.2, 0.25) is 0 Å². The number of carbonyl (C=O) groups excluding carboxylic acids is 3. The van der Waals surface area contributed by atoms with Crippen molar-refractivity contribution in [3.63, 3.8) is 0 Å². The van der Waals surface area contributed by atoms with Gasteiger partial charge in [-0.2, -0.15) is 5.26 Å². The monoisotopic (exact) mass is 611 g/mol. The van der Waals surface area contributed by atoms with Gasteiger partial charge in [0, 0.05) is 58.8 Å². The number of hydrogen-bond donors (Lipinski definition) is 1. The summed E-state index contributed by atoms with van der Waals surface area (Å²) < 4.78 is 6.25. The van der Waals surface area contributed by atoms with Crippen molar-refractivity contribution in [2.45, 2.75) is 63.5 Å². The number of aryl methyl sites for hydroxylation is 3. The second kappa shape index (κ2) is 12.8. The van der Waals surface area contributed by atoms with Crippen LogP contribution in [0.15, 0.2) is 40.8 Å². The van der Waals surface area contributed by atoms with Gasteiger partial charge in [-0.05, 0) is 85.5 Å². The van der Waals surface area contributed by atoms with Crippen LogP contribution in [0.25, 0.3) is 0 Å². The number of rotatable bonds is 8. The molecule has 1 aliphatic heterocycles. The van der Waals surface area contributed by atoms with Gasteiger partial charge in [-0.3, -0.25) is 14.4 Å². The summed E-state index contributed by atoms with van der Waals surface area (Å²) >= 11 is 0. The van der Waals surface area contributed by atoms with Crippen LogP contribution < -0.4 is 5.32 Å². The van der Waals surface area contributed by atoms with Crippen molar-refractivity contribution < 1.29 is 18.8 Å². The molecule has 0 spiro atoms. The highest BCUT2D eigenvalue weighted by Crippen LogP contribution is 2.48. The molecule has 1 fully saturated rings. The third kappa shape index (κ3) is 6.07. The number of nitrogens with zero attached hydrogens (tertiary/aromatic N) is 6. The van der Waals surface area contributed by atoms with E-state index in [9.17, 15) is 19.6 Å². The molecule has 3 aromatic rings. The molecular weight excluding hydrogens is 570 g/mol. The minimum absolute atomic E-state index is 0.0878. The van der Waals surface area contributed by atoms with E-state index in [4.69, 9.17) is 4.42 Å². The molecule has 1 aliphatic carbocycles. The summed E-state index contributed by atoms with van der Waals surface area (Å²) in [5.41, 5.74) is 4.06. The molecule has 2 heterocycles. The number of hydrogen-bond acceptors (Lipinski definition) is 8. The molecule has 0 unspecified atom stereocenters. The van der Waals surface area contributed by atoms with E-state index in [-0.39, 0.29) is 36.3 Å². The molecule has 0 bridgehead atoms. The zero-order chi connectivity index (χ0) is 32.5. The van der Waals surface area contributed by atoms with Gasteiger partial charge < -0.3 is 24.4 Å². The number of fused-ring (bicyclic) bond motifs is 2. The average Bonchev–Trinajstić information content (AvgIpc) is 3.67. The van der Waals surface area contributed by atoms with Gasteiger partial charge in [-0.15, -0.1) is 10.2 Å². The van der Waals surface area contributed by atoms with Crippen molar-refractivity contribution >= 4 is 17.7 Å². The SMILES string of the molecule is Cc1nnc(C2(C[C@@H](C)NCC(=O)N3CCC[C@H]3C#N)c3ccc(C(=O)N(C)C)cc3CCc3cc(C(=O)N(C)C)ccc32)o1. The van der Waals surface area contributed by atoms with Gasteiger partial charge in [0.05, 0.1) is 12.6 Å². The zero-order valence-electron chi connectivity index (χ0n) is 26.9. The van der Waals surface area contributed by atoms with E-state index in [1.807, 2.05) is 43.3 Å². The van der Waals surface area contributed by atoms with Crippen LogP contribution in [0.1, 0.15) is 80.9 Å². The second-order valence-corrected chi connectivity index (χ2v) is 12.5. The fraction of sp³-hybridized carbons (Fsp3) is 0.471. The first-order valence-corrected chi connectivity index (χ1v) is 15.4. The first-order valence-electron chi connectivity index (χ1n) is 15.4. The Kier molecular flexibility index (Phi) is 9.07. The van der Waals surface area contributed by atoms with E-state index < -0.39 is 5.41 Å². The largest absolute Gasteiger partial charge is 0.424 e. The quantitative estimate of drug-likeness (QED) is 0.411. The van der Waals surface area contributed by atoms with Crippen molar-refractivity contribution in [1.29, 1.82) is 5.26 Å². The summed E-state index contributed by atoms with van der Waals surface area (Å²) in [7, 11) is 6.92. The summed E-state index contributed by atoms with van der Waals surface area (Å²) in [5, 5.41) is 21.7. The number of amides is 3. The van der Waals surface area contributed by atoms with E-state index in [0.29, 0.717) is 55.1 Å². The number of likely N-dealkylation sites (tertiary alicyclic amines) is 1. The average molecular weight is 612 g/mol. The maximum absolute atomic E-state index is 13.1. The number of nitriles is 1. The second-order valence-electron chi connectivity index (χ2n) is 12.5. The Hall–Kier alpha value is -4.56. The summed E-state index contributed by atoms with van der Waals surface area (Å²) in [4.78, 5) is 43.9. The zero-order valence-corrected chi connectivity index (χ0v) is 26.9. The Morgan fingerprint density at radius 1 is 1.02 bits per heavy atom. The lowest BCUT2D eigenvalue weighted by atomic mass is 9.68. The fourth-order valence-corrected chi connectivity index (χ4v) is 6.73. The summed E-state index contributed by atoms with van der Waals surface area (Å²) in [5.74, 6) is 0.538. The Balaban J connectivity index is 1.63.